The van der Waals surface area contributed by atoms with Gasteiger partial charge in [-0.05, 0) is 37.0 Å². The third kappa shape index (κ3) is 2.24. The molecule has 3 nitrogen and oxygen atoms in total. The van der Waals surface area contributed by atoms with Crippen LogP contribution in [0, 0.1) is 17.3 Å². The first-order chi connectivity index (χ1) is 8.96. The third-order valence-corrected chi connectivity index (χ3v) is 6.02. The molecule has 3 heteroatoms. The molecule has 110 valence electrons. The summed E-state index contributed by atoms with van der Waals surface area (Å²) in [5, 5.41) is 14.1. The van der Waals surface area contributed by atoms with Gasteiger partial charge in [0, 0.05) is 32.0 Å². The molecule has 2 N–H and O–H groups in total. The fourth-order valence-electron chi connectivity index (χ4n) is 4.98. The molecule has 3 aliphatic rings. The molecule has 3 atom stereocenters. The van der Waals surface area contributed by atoms with E-state index in [1.807, 2.05) is 6.92 Å². The van der Waals surface area contributed by atoms with E-state index in [1.165, 1.54) is 19.3 Å². The van der Waals surface area contributed by atoms with Crippen molar-refractivity contribution in [2.75, 3.05) is 13.2 Å². The predicted molar refractivity (Wildman–Crippen MR) is 76.0 cm³/mol. The van der Waals surface area contributed by atoms with Crippen molar-refractivity contribution in [2.24, 2.45) is 17.3 Å². The minimum absolute atomic E-state index is 0.283. The summed E-state index contributed by atoms with van der Waals surface area (Å²) in [6.07, 6.45) is 6.07. The molecule has 0 bridgehead atoms. The van der Waals surface area contributed by atoms with E-state index in [-0.39, 0.29) is 6.10 Å². The Balaban J connectivity index is 1.48. The van der Waals surface area contributed by atoms with Crippen LogP contribution < -0.4 is 5.32 Å². The first-order valence-corrected chi connectivity index (χ1v) is 8.03. The van der Waals surface area contributed by atoms with Gasteiger partial charge < -0.3 is 15.2 Å². The Kier molecular flexibility index (Phi) is 3.43. The number of hydrogen-bond acceptors (Lipinski definition) is 3. The van der Waals surface area contributed by atoms with Gasteiger partial charge in [-0.1, -0.05) is 20.3 Å². The lowest BCUT2D eigenvalue weighted by molar-refractivity contribution is -0.142. The SMILES string of the molecule is CCOC1CC(O)(CNC2[C@@H]3CCC[C@@H]3C2(C)C)C1. The Labute approximate surface area is 117 Å². The van der Waals surface area contributed by atoms with Gasteiger partial charge in [-0.15, -0.1) is 0 Å². The number of nitrogens with one attached hydrogen (secondary N) is 1. The van der Waals surface area contributed by atoms with Crippen LogP contribution in [-0.4, -0.2) is 36.0 Å². The van der Waals surface area contributed by atoms with E-state index in [9.17, 15) is 5.11 Å². The quantitative estimate of drug-likeness (QED) is 0.803. The smallest absolute Gasteiger partial charge is 0.0821 e. The van der Waals surface area contributed by atoms with Crippen LogP contribution in [0.5, 0.6) is 0 Å². The van der Waals surface area contributed by atoms with Gasteiger partial charge in [0.1, 0.15) is 0 Å². The van der Waals surface area contributed by atoms with Gasteiger partial charge in [-0.3, -0.25) is 0 Å². The van der Waals surface area contributed by atoms with E-state index in [1.54, 1.807) is 0 Å². The van der Waals surface area contributed by atoms with Crippen LogP contribution in [0.15, 0.2) is 0 Å². The summed E-state index contributed by atoms with van der Waals surface area (Å²) >= 11 is 0. The largest absolute Gasteiger partial charge is 0.388 e. The number of ether oxygens (including phenoxy) is 1. The first kappa shape index (κ1) is 13.8. The van der Waals surface area contributed by atoms with Crippen LogP contribution in [-0.2, 0) is 4.74 Å². The van der Waals surface area contributed by atoms with Gasteiger partial charge in [0.2, 0.25) is 0 Å². The molecular formula is C16H29NO2. The maximum Gasteiger partial charge on any atom is 0.0821 e. The zero-order valence-electron chi connectivity index (χ0n) is 12.6. The van der Waals surface area contributed by atoms with Crippen LogP contribution in [0.4, 0.5) is 0 Å². The maximum atomic E-state index is 10.4. The topological polar surface area (TPSA) is 41.5 Å². The molecule has 0 heterocycles. The second kappa shape index (κ2) is 4.71. The summed E-state index contributed by atoms with van der Waals surface area (Å²) < 4.78 is 5.54. The Morgan fingerprint density at radius 3 is 2.68 bits per heavy atom. The van der Waals surface area contributed by atoms with Gasteiger partial charge in [0.25, 0.3) is 0 Å². The number of hydrogen-bond donors (Lipinski definition) is 2. The fourth-order valence-corrected chi connectivity index (χ4v) is 4.98. The first-order valence-electron chi connectivity index (χ1n) is 8.03. The van der Waals surface area contributed by atoms with Crippen molar-refractivity contribution >= 4 is 0 Å². The lowest BCUT2D eigenvalue weighted by Crippen LogP contribution is -2.65. The molecule has 3 rings (SSSR count). The highest BCUT2D eigenvalue weighted by atomic mass is 16.5. The molecule has 3 saturated carbocycles. The van der Waals surface area contributed by atoms with Crippen molar-refractivity contribution in [3.05, 3.63) is 0 Å². The zero-order valence-corrected chi connectivity index (χ0v) is 12.6. The second-order valence-electron chi connectivity index (χ2n) is 7.59. The van der Waals surface area contributed by atoms with Crippen molar-refractivity contribution < 1.29 is 9.84 Å². The third-order valence-electron chi connectivity index (χ3n) is 6.02. The molecule has 0 aromatic heterocycles. The zero-order chi connectivity index (χ0) is 13.7. The van der Waals surface area contributed by atoms with E-state index in [0.29, 0.717) is 11.5 Å². The van der Waals surface area contributed by atoms with Gasteiger partial charge in [0.05, 0.1) is 11.7 Å². The number of rotatable bonds is 5. The lowest BCUT2D eigenvalue weighted by atomic mass is 9.53. The maximum absolute atomic E-state index is 10.4. The van der Waals surface area contributed by atoms with Gasteiger partial charge >= 0.3 is 0 Å². The number of aliphatic hydroxyl groups is 1. The highest BCUT2D eigenvalue weighted by Gasteiger charge is 2.58. The Bertz CT molecular complexity index is 336. The summed E-state index contributed by atoms with van der Waals surface area (Å²) in [5.74, 6) is 1.78. The van der Waals surface area contributed by atoms with Crippen LogP contribution in [0.25, 0.3) is 0 Å². The summed E-state index contributed by atoms with van der Waals surface area (Å²) in [6.45, 7) is 8.31. The normalized spacial score (nSPS) is 47.4. The highest BCUT2D eigenvalue weighted by molar-refractivity contribution is 5.11. The highest BCUT2D eigenvalue weighted by Crippen LogP contribution is 2.58. The Hall–Kier alpha value is -0.120. The minimum Gasteiger partial charge on any atom is -0.388 e. The fraction of sp³-hybridized carbons (Fsp3) is 1.00. The van der Waals surface area contributed by atoms with Crippen molar-refractivity contribution in [1.29, 1.82) is 0 Å². The monoisotopic (exact) mass is 267 g/mol. The molecule has 0 aromatic rings. The predicted octanol–water partition coefficient (Wildman–Crippen LogP) is 2.33. The summed E-state index contributed by atoms with van der Waals surface area (Å²) in [4.78, 5) is 0. The molecule has 0 radical (unpaired) electrons. The van der Waals surface area contributed by atoms with Crippen LogP contribution >= 0.6 is 0 Å². The second-order valence-corrected chi connectivity index (χ2v) is 7.59. The van der Waals surface area contributed by atoms with E-state index < -0.39 is 5.60 Å². The van der Waals surface area contributed by atoms with E-state index in [0.717, 1.165) is 37.8 Å². The van der Waals surface area contributed by atoms with Crippen LogP contribution in [0.2, 0.25) is 0 Å². The average molecular weight is 267 g/mol. The Morgan fingerprint density at radius 1 is 1.26 bits per heavy atom. The van der Waals surface area contributed by atoms with Crippen molar-refractivity contribution in [3.63, 3.8) is 0 Å². The van der Waals surface area contributed by atoms with Crippen molar-refractivity contribution in [2.45, 2.75) is 70.6 Å². The van der Waals surface area contributed by atoms with E-state index in [4.69, 9.17) is 4.74 Å². The standard InChI is InChI=1S/C16H29NO2/c1-4-19-11-8-16(18,9-11)10-17-14-12-6-5-7-13(12)15(14,2)3/h11-14,17-18H,4-10H2,1-3H3/t11?,12-,13+,14?,16?/m1/s1. The van der Waals surface area contributed by atoms with Gasteiger partial charge in [-0.2, -0.15) is 0 Å². The van der Waals surface area contributed by atoms with Gasteiger partial charge in [-0.25, -0.2) is 0 Å². The van der Waals surface area contributed by atoms with E-state index >= 15 is 0 Å². The Morgan fingerprint density at radius 2 is 2.00 bits per heavy atom. The molecule has 0 aliphatic heterocycles. The molecule has 0 amide bonds. The summed E-state index contributed by atoms with van der Waals surface area (Å²) in [7, 11) is 0. The van der Waals surface area contributed by atoms with Crippen LogP contribution in [0.1, 0.15) is 52.9 Å². The molecular weight excluding hydrogens is 238 g/mol. The summed E-state index contributed by atoms with van der Waals surface area (Å²) in [5.41, 5.74) is -0.0970. The average Bonchev–Trinajstić information content (AvgIpc) is 2.74. The molecule has 0 spiro atoms. The molecule has 0 saturated heterocycles. The summed E-state index contributed by atoms with van der Waals surface area (Å²) in [6, 6.07) is 0.607. The molecule has 3 fully saturated rings. The van der Waals surface area contributed by atoms with E-state index in [2.05, 4.69) is 19.2 Å². The molecule has 0 aromatic carbocycles. The van der Waals surface area contributed by atoms with Gasteiger partial charge in [0.15, 0.2) is 0 Å². The minimum atomic E-state index is -0.514. The molecule has 19 heavy (non-hydrogen) atoms. The number of fused-ring (bicyclic) bond motifs is 1. The molecule has 1 unspecified atom stereocenters. The van der Waals surface area contributed by atoms with Crippen LogP contribution in [0.3, 0.4) is 0 Å². The van der Waals surface area contributed by atoms with Crippen molar-refractivity contribution in [3.8, 4) is 0 Å². The molecule has 3 aliphatic carbocycles. The lowest BCUT2D eigenvalue weighted by Gasteiger charge is -2.57. The van der Waals surface area contributed by atoms with Crippen molar-refractivity contribution in [1.82, 2.24) is 5.32 Å².